The van der Waals surface area contributed by atoms with Crippen molar-refractivity contribution < 1.29 is 9.18 Å². The lowest BCUT2D eigenvalue weighted by atomic mass is 9.60. The molecule has 2 heterocycles. The molecule has 0 aromatic rings. The summed E-state index contributed by atoms with van der Waals surface area (Å²) in [7, 11) is 0. The molecule has 3 nitrogen and oxygen atoms in total. The van der Waals surface area contributed by atoms with Crippen molar-refractivity contribution in [1.82, 2.24) is 9.80 Å². The van der Waals surface area contributed by atoms with E-state index in [1.165, 1.54) is 38.8 Å². The fourth-order valence-corrected chi connectivity index (χ4v) is 4.88. The first-order valence-electron chi connectivity index (χ1n) is 8.83. The molecule has 0 aromatic heterocycles. The van der Waals surface area contributed by atoms with E-state index in [-0.39, 0.29) is 5.91 Å². The van der Waals surface area contributed by atoms with E-state index in [1.807, 2.05) is 4.90 Å². The second-order valence-corrected chi connectivity index (χ2v) is 7.92. The number of hydrogen-bond acceptors (Lipinski definition) is 2. The smallest absolute Gasteiger partial charge is 0.260 e. The Kier molecular flexibility index (Phi) is 3.29. The molecule has 2 aliphatic heterocycles. The van der Waals surface area contributed by atoms with Gasteiger partial charge >= 0.3 is 0 Å². The molecule has 4 heteroatoms. The van der Waals surface area contributed by atoms with E-state index >= 15 is 0 Å². The Labute approximate surface area is 126 Å². The van der Waals surface area contributed by atoms with Crippen LogP contribution in [-0.2, 0) is 4.79 Å². The monoisotopic (exact) mass is 294 g/mol. The van der Waals surface area contributed by atoms with Gasteiger partial charge in [-0.05, 0) is 76.3 Å². The Morgan fingerprint density at radius 3 is 2.05 bits per heavy atom. The van der Waals surface area contributed by atoms with Gasteiger partial charge in [-0.3, -0.25) is 4.79 Å². The lowest BCUT2D eigenvalue weighted by Gasteiger charge is -2.55. The highest BCUT2D eigenvalue weighted by Crippen LogP contribution is 2.52. The molecule has 2 saturated heterocycles. The molecule has 2 saturated carbocycles. The third-order valence-electron chi connectivity index (χ3n) is 6.64. The summed E-state index contributed by atoms with van der Waals surface area (Å²) in [5.41, 5.74) is -1.02. The predicted molar refractivity (Wildman–Crippen MR) is 79.8 cm³/mol. The fourth-order valence-electron chi connectivity index (χ4n) is 4.88. The van der Waals surface area contributed by atoms with Gasteiger partial charge < -0.3 is 9.80 Å². The highest BCUT2D eigenvalue weighted by Gasteiger charge is 2.51. The van der Waals surface area contributed by atoms with Crippen LogP contribution in [0.5, 0.6) is 0 Å². The molecular formula is C17H27FN2O. The van der Waals surface area contributed by atoms with Crippen molar-refractivity contribution in [3.05, 3.63) is 0 Å². The summed E-state index contributed by atoms with van der Waals surface area (Å²) in [6.07, 6.45) is 9.32. The molecule has 0 aromatic carbocycles. The van der Waals surface area contributed by atoms with E-state index in [4.69, 9.17) is 0 Å². The van der Waals surface area contributed by atoms with Crippen LogP contribution in [0.1, 0.15) is 57.8 Å². The predicted octanol–water partition coefficient (Wildman–Crippen LogP) is 2.75. The SMILES string of the molecule is O=C(N1CCC2(CC1)CC(N1CCCC1)C2)C1(F)CCC1. The molecule has 4 fully saturated rings. The van der Waals surface area contributed by atoms with Gasteiger partial charge in [0.25, 0.3) is 5.91 Å². The summed E-state index contributed by atoms with van der Waals surface area (Å²) in [6.45, 7) is 4.15. The van der Waals surface area contributed by atoms with E-state index in [9.17, 15) is 9.18 Å². The van der Waals surface area contributed by atoms with Crippen molar-refractivity contribution in [3.8, 4) is 0 Å². The van der Waals surface area contributed by atoms with Crippen LogP contribution in [0.2, 0.25) is 0 Å². The van der Waals surface area contributed by atoms with Crippen LogP contribution >= 0.6 is 0 Å². The van der Waals surface area contributed by atoms with Crippen LogP contribution in [0, 0.1) is 5.41 Å². The molecule has 0 atom stereocenters. The van der Waals surface area contributed by atoms with Crippen LogP contribution in [0.4, 0.5) is 4.39 Å². The van der Waals surface area contributed by atoms with Crippen LogP contribution < -0.4 is 0 Å². The summed E-state index contributed by atoms with van der Waals surface area (Å²) in [5, 5.41) is 0. The second kappa shape index (κ2) is 4.94. The molecule has 1 spiro atoms. The van der Waals surface area contributed by atoms with E-state index in [0.29, 0.717) is 18.3 Å². The summed E-state index contributed by atoms with van der Waals surface area (Å²) in [5.74, 6) is -0.209. The summed E-state index contributed by atoms with van der Waals surface area (Å²) in [4.78, 5) is 16.7. The van der Waals surface area contributed by atoms with Crippen molar-refractivity contribution in [3.63, 3.8) is 0 Å². The number of hydrogen-bond donors (Lipinski definition) is 0. The highest BCUT2D eigenvalue weighted by atomic mass is 19.1. The summed E-state index contributed by atoms with van der Waals surface area (Å²) < 4.78 is 14.2. The highest BCUT2D eigenvalue weighted by molar-refractivity contribution is 5.86. The van der Waals surface area contributed by atoms with Gasteiger partial charge in [0.2, 0.25) is 0 Å². The number of carbonyl (C=O) groups excluding carboxylic acids is 1. The number of rotatable bonds is 2. The molecule has 21 heavy (non-hydrogen) atoms. The summed E-state index contributed by atoms with van der Waals surface area (Å²) >= 11 is 0. The number of halogens is 1. The van der Waals surface area contributed by atoms with Crippen LogP contribution in [-0.4, -0.2) is 53.6 Å². The molecule has 1 amide bonds. The average molecular weight is 294 g/mol. The maximum atomic E-state index is 14.2. The molecule has 0 unspecified atom stereocenters. The first kappa shape index (κ1) is 14.0. The fraction of sp³-hybridized carbons (Fsp3) is 0.941. The zero-order valence-electron chi connectivity index (χ0n) is 13.0. The molecular weight excluding hydrogens is 267 g/mol. The Morgan fingerprint density at radius 2 is 1.52 bits per heavy atom. The number of alkyl halides is 1. The largest absolute Gasteiger partial charge is 0.340 e. The van der Waals surface area contributed by atoms with Crippen molar-refractivity contribution in [2.75, 3.05) is 26.2 Å². The third kappa shape index (κ3) is 2.30. The van der Waals surface area contributed by atoms with Gasteiger partial charge in [-0.2, -0.15) is 0 Å². The number of nitrogens with zero attached hydrogens (tertiary/aromatic N) is 2. The quantitative estimate of drug-likeness (QED) is 0.782. The Morgan fingerprint density at radius 1 is 0.905 bits per heavy atom. The second-order valence-electron chi connectivity index (χ2n) is 7.92. The molecule has 0 bridgehead atoms. The van der Waals surface area contributed by atoms with E-state index in [1.54, 1.807) is 0 Å². The standard InChI is InChI=1S/C17H27FN2O/c18-17(4-3-5-17)15(21)20-10-6-16(7-11-20)12-14(13-16)19-8-1-2-9-19/h14H,1-13H2. The van der Waals surface area contributed by atoms with Gasteiger partial charge in [-0.1, -0.05) is 0 Å². The van der Waals surface area contributed by atoms with Crippen molar-refractivity contribution in [1.29, 1.82) is 0 Å². The molecule has 0 radical (unpaired) electrons. The lowest BCUT2D eigenvalue weighted by molar-refractivity contribution is -0.154. The van der Waals surface area contributed by atoms with Gasteiger partial charge in [-0.25, -0.2) is 4.39 Å². The third-order valence-corrected chi connectivity index (χ3v) is 6.64. The van der Waals surface area contributed by atoms with Gasteiger partial charge in [-0.15, -0.1) is 0 Å². The van der Waals surface area contributed by atoms with Crippen LogP contribution in [0.3, 0.4) is 0 Å². The van der Waals surface area contributed by atoms with Crippen molar-refractivity contribution >= 4 is 5.91 Å². The van der Waals surface area contributed by atoms with Crippen molar-refractivity contribution in [2.45, 2.75) is 69.5 Å². The molecule has 0 N–H and O–H groups in total. The van der Waals surface area contributed by atoms with E-state index < -0.39 is 5.67 Å². The topological polar surface area (TPSA) is 23.6 Å². The van der Waals surface area contributed by atoms with Gasteiger partial charge in [0.1, 0.15) is 0 Å². The lowest BCUT2D eigenvalue weighted by Crippen LogP contribution is -2.58. The maximum Gasteiger partial charge on any atom is 0.260 e. The minimum Gasteiger partial charge on any atom is -0.340 e. The van der Waals surface area contributed by atoms with Crippen molar-refractivity contribution in [2.24, 2.45) is 5.41 Å². The maximum absolute atomic E-state index is 14.2. The Balaban J connectivity index is 1.28. The number of piperidine rings is 1. The molecule has 4 aliphatic rings. The Hall–Kier alpha value is -0.640. The number of carbonyl (C=O) groups is 1. The van der Waals surface area contributed by atoms with Gasteiger partial charge in [0.15, 0.2) is 5.67 Å². The molecule has 2 aliphatic carbocycles. The van der Waals surface area contributed by atoms with Crippen LogP contribution in [0.25, 0.3) is 0 Å². The van der Waals surface area contributed by atoms with Gasteiger partial charge in [0, 0.05) is 19.1 Å². The van der Waals surface area contributed by atoms with Gasteiger partial charge in [0.05, 0.1) is 0 Å². The van der Waals surface area contributed by atoms with Crippen LogP contribution in [0.15, 0.2) is 0 Å². The zero-order valence-corrected chi connectivity index (χ0v) is 13.0. The molecule has 118 valence electrons. The number of amides is 1. The zero-order chi connectivity index (χ0) is 14.5. The normalized spacial score (nSPS) is 32.0. The minimum absolute atomic E-state index is 0.209. The molecule has 4 rings (SSSR count). The number of likely N-dealkylation sites (tertiary alicyclic amines) is 2. The van der Waals surface area contributed by atoms with E-state index in [0.717, 1.165) is 38.4 Å². The minimum atomic E-state index is -1.50. The first-order chi connectivity index (χ1) is 10.1. The summed E-state index contributed by atoms with van der Waals surface area (Å²) in [6, 6.07) is 0.800. The average Bonchev–Trinajstić information content (AvgIpc) is 2.95. The first-order valence-corrected chi connectivity index (χ1v) is 8.83. The Bertz CT molecular complexity index is 413. The van der Waals surface area contributed by atoms with E-state index in [2.05, 4.69) is 4.90 Å².